The normalized spacial score (nSPS) is 12.3. The Balaban J connectivity index is 2.10. The average Bonchev–Trinajstić information content (AvgIpc) is 2.70. The number of rotatable bonds is 9. The first-order valence-corrected chi connectivity index (χ1v) is 9.54. The molecule has 0 aliphatic rings. The van der Waals surface area contributed by atoms with E-state index in [0.717, 1.165) is 17.7 Å². The number of aryl methyl sites for hydroxylation is 1. The molecule has 1 atom stereocenters. The summed E-state index contributed by atoms with van der Waals surface area (Å²) >= 11 is 0. The summed E-state index contributed by atoms with van der Waals surface area (Å²) in [4.78, 5) is 23.8. The maximum Gasteiger partial charge on any atom is 0.416 e. The maximum absolute atomic E-state index is 12.7. The standard InChI is InChI=1S/C22H24F3NO4/c1-3-15(21(28)29)6-4-5-14-7-12-19(30-2)18(13-14)20(27)26-17-10-8-16(9-11-17)22(23,24)25/h7-13,15H,3-6H2,1-2H3,(H,26,27)(H,28,29). The highest BCUT2D eigenvalue weighted by atomic mass is 19.4. The van der Waals surface area contributed by atoms with Gasteiger partial charge in [0.15, 0.2) is 0 Å². The fraction of sp³-hybridized carbons (Fsp3) is 0.364. The van der Waals surface area contributed by atoms with E-state index in [0.29, 0.717) is 31.4 Å². The molecule has 1 unspecified atom stereocenters. The van der Waals surface area contributed by atoms with E-state index < -0.39 is 29.5 Å². The summed E-state index contributed by atoms with van der Waals surface area (Å²) in [6.45, 7) is 1.83. The zero-order valence-electron chi connectivity index (χ0n) is 16.8. The molecule has 2 aromatic carbocycles. The highest BCUT2D eigenvalue weighted by Gasteiger charge is 2.30. The van der Waals surface area contributed by atoms with Crippen molar-refractivity contribution in [1.29, 1.82) is 0 Å². The number of halogens is 3. The third kappa shape index (κ3) is 6.23. The maximum atomic E-state index is 12.7. The van der Waals surface area contributed by atoms with E-state index in [-0.39, 0.29) is 11.3 Å². The van der Waals surface area contributed by atoms with E-state index in [9.17, 15) is 22.8 Å². The van der Waals surface area contributed by atoms with Crippen LogP contribution in [0.15, 0.2) is 42.5 Å². The van der Waals surface area contributed by atoms with E-state index in [1.807, 2.05) is 6.92 Å². The summed E-state index contributed by atoms with van der Waals surface area (Å²) in [6, 6.07) is 9.27. The fourth-order valence-corrected chi connectivity index (χ4v) is 3.08. The van der Waals surface area contributed by atoms with Crippen molar-refractivity contribution >= 4 is 17.6 Å². The van der Waals surface area contributed by atoms with Crippen molar-refractivity contribution in [3.05, 3.63) is 59.2 Å². The minimum atomic E-state index is -4.45. The van der Waals surface area contributed by atoms with Crippen molar-refractivity contribution in [1.82, 2.24) is 0 Å². The molecule has 0 fully saturated rings. The number of benzene rings is 2. The average molecular weight is 423 g/mol. The van der Waals surface area contributed by atoms with Gasteiger partial charge < -0.3 is 15.2 Å². The zero-order valence-corrected chi connectivity index (χ0v) is 16.8. The van der Waals surface area contributed by atoms with Gasteiger partial charge in [-0.15, -0.1) is 0 Å². The molecule has 1 amide bonds. The zero-order chi connectivity index (χ0) is 22.3. The van der Waals surface area contributed by atoms with E-state index in [1.54, 1.807) is 18.2 Å². The molecule has 2 aromatic rings. The third-order valence-electron chi connectivity index (χ3n) is 4.84. The molecule has 5 nitrogen and oxygen atoms in total. The van der Waals surface area contributed by atoms with Gasteiger partial charge >= 0.3 is 12.1 Å². The quantitative estimate of drug-likeness (QED) is 0.566. The highest BCUT2D eigenvalue weighted by Crippen LogP contribution is 2.30. The van der Waals surface area contributed by atoms with Gasteiger partial charge in [0.05, 0.1) is 24.2 Å². The lowest BCUT2D eigenvalue weighted by Gasteiger charge is -2.13. The lowest BCUT2D eigenvalue weighted by Crippen LogP contribution is -2.14. The monoisotopic (exact) mass is 423 g/mol. The lowest BCUT2D eigenvalue weighted by atomic mass is 9.96. The first kappa shape index (κ1) is 23.3. The third-order valence-corrected chi connectivity index (χ3v) is 4.84. The molecule has 0 saturated carbocycles. The molecule has 0 heterocycles. The number of ether oxygens (including phenoxy) is 1. The number of alkyl halides is 3. The Hall–Kier alpha value is -3.03. The van der Waals surface area contributed by atoms with Gasteiger partial charge in [-0.1, -0.05) is 13.0 Å². The van der Waals surface area contributed by atoms with Crippen molar-refractivity contribution < 1.29 is 32.6 Å². The van der Waals surface area contributed by atoms with Crippen molar-refractivity contribution in [3.8, 4) is 5.75 Å². The van der Waals surface area contributed by atoms with Crippen LogP contribution >= 0.6 is 0 Å². The van der Waals surface area contributed by atoms with Gasteiger partial charge in [-0.25, -0.2) is 0 Å². The van der Waals surface area contributed by atoms with Crippen LogP contribution in [0.4, 0.5) is 18.9 Å². The molecule has 0 saturated heterocycles. The fourth-order valence-electron chi connectivity index (χ4n) is 3.08. The molecule has 0 spiro atoms. The second-order valence-corrected chi connectivity index (χ2v) is 6.90. The number of hydrogen-bond acceptors (Lipinski definition) is 3. The van der Waals surface area contributed by atoms with Crippen LogP contribution in [-0.4, -0.2) is 24.1 Å². The van der Waals surface area contributed by atoms with Crippen LogP contribution in [0.2, 0.25) is 0 Å². The summed E-state index contributed by atoms with van der Waals surface area (Å²) in [5.41, 5.74) is 0.522. The van der Waals surface area contributed by atoms with Gasteiger partial charge in [-0.05, 0) is 67.6 Å². The molecule has 0 aliphatic carbocycles. The highest BCUT2D eigenvalue weighted by molar-refractivity contribution is 6.06. The Bertz CT molecular complexity index is 879. The first-order valence-electron chi connectivity index (χ1n) is 9.54. The molecular formula is C22H24F3NO4. The van der Waals surface area contributed by atoms with Crippen molar-refractivity contribution in [2.45, 2.75) is 38.8 Å². The summed E-state index contributed by atoms with van der Waals surface area (Å²) in [5, 5.41) is 11.7. The van der Waals surface area contributed by atoms with E-state index in [1.165, 1.54) is 19.2 Å². The van der Waals surface area contributed by atoms with E-state index in [4.69, 9.17) is 9.84 Å². The molecule has 0 radical (unpaired) electrons. The molecule has 2 rings (SSSR count). The summed E-state index contributed by atoms with van der Waals surface area (Å²) in [7, 11) is 1.42. The predicted octanol–water partition coefficient (Wildman–Crippen LogP) is 5.40. The van der Waals surface area contributed by atoms with Gasteiger partial charge in [-0.2, -0.15) is 13.2 Å². The molecule has 30 heavy (non-hydrogen) atoms. The van der Waals surface area contributed by atoms with Gasteiger partial charge in [0.2, 0.25) is 0 Å². The second-order valence-electron chi connectivity index (χ2n) is 6.90. The SMILES string of the molecule is CCC(CCCc1ccc(OC)c(C(=O)Nc2ccc(C(F)(F)F)cc2)c1)C(=O)O. The molecule has 8 heteroatoms. The summed E-state index contributed by atoms with van der Waals surface area (Å²) in [6.07, 6.45) is -2.12. The molecule has 162 valence electrons. The van der Waals surface area contributed by atoms with Gasteiger partial charge in [-0.3, -0.25) is 9.59 Å². The van der Waals surface area contributed by atoms with Gasteiger partial charge in [0.25, 0.3) is 5.91 Å². The molecule has 0 aromatic heterocycles. The summed E-state index contributed by atoms with van der Waals surface area (Å²) in [5.74, 6) is -1.39. The number of carboxylic acids is 1. The van der Waals surface area contributed by atoms with Crippen molar-refractivity contribution in [2.75, 3.05) is 12.4 Å². The van der Waals surface area contributed by atoms with Crippen LogP contribution in [0.3, 0.4) is 0 Å². The molecular weight excluding hydrogens is 399 g/mol. The minimum Gasteiger partial charge on any atom is -0.496 e. The Morgan fingerprint density at radius 3 is 2.33 bits per heavy atom. The lowest BCUT2D eigenvalue weighted by molar-refractivity contribution is -0.142. The number of anilines is 1. The number of carbonyl (C=O) groups excluding carboxylic acids is 1. The van der Waals surface area contributed by atoms with Crippen molar-refractivity contribution in [2.24, 2.45) is 5.92 Å². The van der Waals surface area contributed by atoms with Crippen LogP contribution in [0, 0.1) is 5.92 Å². The number of hydrogen-bond donors (Lipinski definition) is 2. The number of amides is 1. The molecule has 2 N–H and O–H groups in total. The topological polar surface area (TPSA) is 75.6 Å². The Labute approximate surface area is 172 Å². The second kappa shape index (κ2) is 10.1. The first-order chi connectivity index (χ1) is 14.2. The largest absolute Gasteiger partial charge is 0.496 e. The predicted molar refractivity (Wildman–Crippen MR) is 107 cm³/mol. The number of nitrogens with one attached hydrogen (secondary N) is 1. The smallest absolute Gasteiger partial charge is 0.416 e. The Kier molecular flexibility index (Phi) is 7.86. The minimum absolute atomic E-state index is 0.229. The van der Waals surface area contributed by atoms with Crippen LogP contribution in [0.25, 0.3) is 0 Å². The number of methoxy groups -OCH3 is 1. The molecule has 0 aliphatic heterocycles. The van der Waals surface area contributed by atoms with Crippen LogP contribution < -0.4 is 10.1 Å². The van der Waals surface area contributed by atoms with Crippen LogP contribution in [0.5, 0.6) is 5.75 Å². The van der Waals surface area contributed by atoms with Crippen LogP contribution in [-0.2, 0) is 17.4 Å². The van der Waals surface area contributed by atoms with Gasteiger partial charge in [0.1, 0.15) is 5.75 Å². The number of carboxylic acid groups (broad SMARTS) is 1. The number of aliphatic carboxylic acids is 1. The molecule has 0 bridgehead atoms. The van der Waals surface area contributed by atoms with Crippen molar-refractivity contribution in [3.63, 3.8) is 0 Å². The van der Waals surface area contributed by atoms with E-state index in [2.05, 4.69) is 5.32 Å². The van der Waals surface area contributed by atoms with Gasteiger partial charge in [0, 0.05) is 5.69 Å². The summed E-state index contributed by atoms with van der Waals surface area (Å²) < 4.78 is 43.2. The Morgan fingerprint density at radius 1 is 1.13 bits per heavy atom. The van der Waals surface area contributed by atoms with Crippen LogP contribution in [0.1, 0.15) is 47.7 Å². The number of carbonyl (C=O) groups is 2. The Morgan fingerprint density at radius 2 is 1.80 bits per heavy atom. The van der Waals surface area contributed by atoms with E-state index >= 15 is 0 Å².